The lowest BCUT2D eigenvalue weighted by Crippen LogP contribution is -2.11. The predicted octanol–water partition coefficient (Wildman–Crippen LogP) is 2.92. The molecular weight excluding hydrogens is 306 g/mol. The molecule has 1 heterocycles. The van der Waals surface area contributed by atoms with Crippen molar-refractivity contribution < 1.29 is 8.42 Å². The van der Waals surface area contributed by atoms with Gasteiger partial charge in [-0.3, -0.25) is 0 Å². The average Bonchev–Trinajstić information content (AvgIpc) is 2.86. The molecule has 0 aliphatic carbocycles. The van der Waals surface area contributed by atoms with Crippen molar-refractivity contribution in [1.82, 2.24) is 4.98 Å². The van der Waals surface area contributed by atoms with Crippen molar-refractivity contribution >= 4 is 26.5 Å². The number of anilines is 1. The van der Waals surface area contributed by atoms with Crippen LogP contribution in [0.5, 0.6) is 0 Å². The van der Waals surface area contributed by atoms with Gasteiger partial charge >= 0.3 is 0 Å². The number of hydrogen-bond donors (Lipinski definition) is 2. The van der Waals surface area contributed by atoms with Gasteiger partial charge in [0.2, 0.25) is 10.0 Å². The Labute approximate surface area is 129 Å². The zero-order valence-electron chi connectivity index (χ0n) is 12.0. The number of aromatic nitrogens is 1. The van der Waals surface area contributed by atoms with E-state index in [2.05, 4.69) is 24.1 Å². The second kappa shape index (κ2) is 6.55. The number of thiazole rings is 1. The number of nitrogens with two attached hydrogens (primary N) is 1. The lowest BCUT2D eigenvalue weighted by atomic mass is 10.1. The SMILES string of the molecule is CC(C)CCNc1nc(-c2ccc(S(N)(=O)=O)cc2)cs1. The van der Waals surface area contributed by atoms with Crippen LogP contribution in [0.1, 0.15) is 20.3 Å². The summed E-state index contributed by atoms with van der Waals surface area (Å²) in [4.78, 5) is 4.60. The maximum absolute atomic E-state index is 11.2. The molecule has 3 N–H and O–H groups in total. The highest BCUT2D eigenvalue weighted by Crippen LogP contribution is 2.25. The van der Waals surface area contributed by atoms with Gasteiger partial charge in [-0.1, -0.05) is 26.0 Å². The fraction of sp³-hybridized carbons (Fsp3) is 0.357. The monoisotopic (exact) mass is 325 g/mol. The van der Waals surface area contributed by atoms with Crippen LogP contribution < -0.4 is 10.5 Å². The van der Waals surface area contributed by atoms with Crippen LogP contribution in [0.15, 0.2) is 34.5 Å². The summed E-state index contributed by atoms with van der Waals surface area (Å²) in [5.41, 5.74) is 1.70. The van der Waals surface area contributed by atoms with Gasteiger partial charge in [0.1, 0.15) is 0 Å². The molecule has 0 atom stereocenters. The molecule has 1 aromatic carbocycles. The highest BCUT2D eigenvalue weighted by atomic mass is 32.2. The molecular formula is C14H19N3O2S2. The van der Waals surface area contributed by atoms with Crippen LogP contribution in [0.4, 0.5) is 5.13 Å². The highest BCUT2D eigenvalue weighted by Gasteiger charge is 2.09. The molecule has 0 bridgehead atoms. The third-order valence-corrected chi connectivity index (χ3v) is 4.71. The third-order valence-electron chi connectivity index (χ3n) is 2.98. The Hall–Kier alpha value is -1.44. The molecule has 0 aliphatic rings. The molecule has 0 unspecified atom stereocenters. The Morgan fingerprint density at radius 1 is 1.29 bits per heavy atom. The van der Waals surface area contributed by atoms with Gasteiger partial charge in [0.05, 0.1) is 10.6 Å². The van der Waals surface area contributed by atoms with Crippen LogP contribution in [0.3, 0.4) is 0 Å². The van der Waals surface area contributed by atoms with Gasteiger partial charge in [-0.15, -0.1) is 11.3 Å². The van der Waals surface area contributed by atoms with Crippen LogP contribution in [0.2, 0.25) is 0 Å². The van der Waals surface area contributed by atoms with Crippen molar-refractivity contribution in [2.75, 3.05) is 11.9 Å². The van der Waals surface area contributed by atoms with E-state index in [1.165, 1.54) is 12.1 Å². The summed E-state index contributed by atoms with van der Waals surface area (Å²) in [7, 11) is -3.65. The second-order valence-electron chi connectivity index (χ2n) is 5.22. The van der Waals surface area contributed by atoms with Gasteiger partial charge in [0.25, 0.3) is 0 Å². The zero-order chi connectivity index (χ0) is 15.5. The smallest absolute Gasteiger partial charge is 0.238 e. The van der Waals surface area contributed by atoms with E-state index < -0.39 is 10.0 Å². The van der Waals surface area contributed by atoms with Gasteiger partial charge < -0.3 is 5.32 Å². The molecule has 0 saturated carbocycles. The molecule has 114 valence electrons. The summed E-state index contributed by atoms with van der Waals surface area (Å²) in [5, 5.41) is 11.2. The molecule has 0 amide bonds. The van der Waals surface area contributed by atoms with Crippen molar-refractivity contribution in [3.63, 3.8) is 0 Å². The molecule has 5 nitrogen and oxygen atoms in total. The summed E-state index contributed by atoms with van der Waals surface area (Å²) in [6, 6.07) is 6.42. The van der Waals surface area contributed by atoms with Gasteiger partial charge in [-0.2, -0.15) is 0 Å². The van der Waals surface area contributed by atoms with Crippen molar-refractivity contribution in [2.45, 2.75) is 25.2 Å². The number of benzene rings is 1. The Kier molecular flexibility index (Phi) is 4.97. The summed E-state index contributed by atoms with van der Waals surface area (Å²) in [6.07, 6.45) is 1.10. The van der Waals surface area contributed by atoms with E-state index in [1.807, 2.05) is 5.38 Å². The van der Waals surface area contributed by atoms with E-state index >= 15 is 0 Å². The van der Waals surface area contributed by atoms with Crippen LogP contribution in [-0.2, 0) is 10.0 Å². The summed E-state index contributed by atoms with van der Waals surface area (Å²) in [5.74, 6) is 0.655. The summed E-state index contributed by atoms with van der Waals surface area (Å²) in [6.45, 7) is 5.26. The topological polar surface area (TPSA) is 85.1 Å². The normalized spacial score (nSPS) is 11.8. The molecule has 0 fully saturated rings. The lowest BCUT2D eigenvalue weighted by molar-refractivity contribution is 0.598. The fourth-order valence-electron chi connectivity index (χ4n) is 1.77. The Morgan fingerprint density at radius 3 is 2.52 bits per heavy atom. The van der Waals surface area contributed by atoms with E-state index in [-0.39, 0.29) is 4.90 Å². The molecule has 2 rings (SSSR count). The fourth-order valence-corrected chi connectivity index (χ4v) is 3.03. The first-order valence-electron chi connectivity index (χ1n) is 6.69. The van der Waals surface area contributed by atoms with Gasteiger partial charge in [0, 0.05) is 17.5 Å². The standard InChI is InChI=1S/C14H19N3O2S2/c1-10(2)7-8-16-14-17-13(9-20-14)11-3-5-12(6-4-11)21(15,18)19/h3-6,9-10H,7-8H2,1-2H3,(H,16,17)(H2,15,18,19). The molecule has 1 aromatic heterocycles. The van der Waals surface area contributed by atoms with E-state index in [0.717, 1.165) is 29.4 Å². The van der Waals surface area contributed by atoms with E-state index in [4.69, 9.17) is 5.14 Å². The van der Waals surface area contributed by atoms with Gasteiger partial charge in [-0.05, 0) is 24.5 Å². The summed E-state index contributed by atoms with van der Waals surface area (Å²) >= 11 is 1.54. The second-order valence-corrected chi connectivity index (χ2v) is 7.64. The van der Waals surface area contributed by atoms with Crippen LogP contribution in [0.25, 0.3) is 11.3 Å². The van der Waals surface area contributed by atoms with E-state index in [1.54, 1.807) is 23.5 Å². The molecule has 0 aliphatic heterocycles. The van der Waals surface area contributed by atoms with Crippen LogP contribution in [0, 0.1) is 5.92 Å². The number of sulfonamides is 1. The largest absolute Gasteiger partial charge is 0.361 e. The zero-order valence-corrected chi connectivity index (χ0v) is 13.7. The third kappa shape index (κ3) is 4.52. The minimum absolute atomic E-state index is 0.108. The minimum Gasteiger partial charge on any atom is -0.361 e. The Bertz CT molecular complexity index is 691. The quantitative estimate of drug-likeness (QED) is 0.855. The first-order chi connectivity index (χ1) is 9.86. The number of nitrogens with zero attached hydrogens (tertiary/aromatic N) is 1. The first-order valence-corrected chi connectivity index (χ1v) is 9.11. The number of hydrogen-bond acceptors (Lipinski definition) is 5. The van der Waals surface area contributed by atoms with E-state index in [0.29, 0.717) is 5.92 Å². The molecule has 0 spiro atoms. The lowest BCUT2D eigenvalue weighted by Gasteiger charge is -2.04. The Balaban J connectivity index is 2.07. The minimum atomic E-state index is -3.65. The predicted molar refractivity (Wildman–Crippen MR) is 86.9 cm³/mol. The van der Waals surface area contributed by atoms with Gasteiger partial charge in [0.15, 0.2) is 5.13 Å². The van der Waals surface area contributed by atoms with Crippen molar-refractivity contribution in [3.05, 3.63) is 29.6 Å². The van der Waals surface area contributed by atoms with Crippen molar-refractivity contribution in [1.29, 1.82) is 0 Å². The maximum atomic E-state index is 11.2. The number of rotatable bonds is 6. The number of primary sulfonamides is 1. The first kappa shape index (κ1) is 15.9. The highest BCUT2D eigenvalue weighted by molar-refractivity contribution is 7.89. The molecule has 21 heavy (non-hydrogen) atoms. The van der Waals surface area contributed by atoms with Crippen LogP contribution >= 0.6 is 11.3 Å². The maximum Gasteiger partial charge on any atom is 0.238 e. The molecule has 0 radical (unpaired) electrons. The van der Waals surface area contributed by atoms with Crippen molar-refractivity contribution in [3.8, 4) is 11.3 Å². The Morgan fingerprint density at radius 2 is 1.95 bits per heavy atom. The number of nitrogens with one attached hydrogen (secondary N) is 1. The molecule has 7 heteroatoms. The van der Waals surface area contributed by atoms with Crippen molar-refractivity contribution in [2.24, 2.45) is 11.1 Å². The molecule has 2 aromatic rings. The summed E-state index contributed by atoms with van der Waals surface area (Å²) < 4.78 is 22.4. The van der Waals surface area contributed by atoms with E-state index in [9.17, 15) is 8.42 Å². The molecule has 0 saturated heterocycles. The van der Waals surface area contributed by atoms with Crippen LogP contribution in [-0.4, -0.2) is 19.9 Å². The average molecular weight is 325 g/mol. The van der Waals surface area contributed by atoms with Gasteiger partial charge in [-0.25, -0.2) is 18.5 Å².